The molecule has 5 nitrogen and oxygen atoms in total. The summed E-state index contributed by atoms with van der Waals surface area (Å²) in [6.45, 7) is 4.31. The predicted octanol–water partition coefficient (Wildman–Crippen LogP) is 4.13. The second-order valence-electron chi connectivity index (χ2n) is 7.44. The number of carbonyl (C=O) groups is 2. The van der Waals surface area contributed by atoms with E-state index in [0.717, 1.165) is 55.1 Å². The predicted molar refractivity (Wildman–Crippen MR) is 111 cm³/mol. The van der Waals surface area contributed by atoms with Gasteiger partial charge in [-0.1, -0.05) is 0 Å². The molecule has 0 radical (unpaired) electrons. The van der Waals surface area contributed by atoms with Gasteiger partial charge in [0.25, 0.3) is 5.91 Å². The van der Waals surface area contributed by atoms with E-state index in [4.69, 9.17) is 4.74 Å². The zero-order valence-corrected chi connectivity index (χ0v) is 17.0. The normalized spacial score (nSPS) is 18.6. The summed E-state index contributed by atoms with van der Waals surface area (Å²) < 4.78 is 5.44. The average Bonchev–Trinajstić information content (AvgIpc) is 3.38. The van der Waals surface area contributed by atoms with Crippen molar-refractivity contribution in [2.24, 2.45) is 5.92 Å². The lowest BCUT2D eigenvalue weighted by Crippen LogP contribution is -2.27. The quantitative estimate of drug-likeness (QED) is 0.824. The van der Waals surface area contributed by atoms with Crippen molar-refractivity contribution in [3.63, 3.8) is 0 Å². The summed E-state index contributed by atoms with van der Waals surface area (Å²) >= 11 is 1.62. The van der Waals surface area contributed by atoms with E-state index >= 15 is 0 Å². The lowest BCUT2D eigenvalue weighted by Gasteiger charge is -2.21. The van der Waals surface area contributed by atoms with Gasteiger partial charge in [-0.05, 0) is 74.9 Å². The summed E-state index contributed by atoms with van der Waals surface area (Å²) in [6.07, 6.45) is 4.61. The first-order valence-electron chi connectivity index (χ1n) is 10.1. The molecule has 1 aliphatic heterocycles. The Balaban J connectivity index is 1.39. The fourth-order valence-electron chi connectivity index (χ4n) is 3.97. The van der Waals surface area contributed by atoms with Crippen LogP contribution in [0.4, 0.5) is 5.69 Å². The molecule has 1 N–H and O–H groups in total. The Morgan fingerprint density at radius 2 is 1.96 bits per heavy atom. The van der Waals surface area contributed by atoms with Crippen LogP contribution in [-0.4, -0.2) is 36.4 Å². The van der Waals surface area contributed by atoms with Crippen LogP contribution in [0.15, 0.2) is 30.3 Å². The molecule has 1 atom stereocenters. The second kappa shape index (κ2) is 8.35. The highest BCUT2D eigenvalue weighted by Crippen LogP contribution is 2.34. The minimum absolute atomic E-state index is 0.0495. The van der Waals surface area contributed by atoms with Crippen LogP contribution in [0.25, 0.3) is 0 Å². The lowest BCUT2D eigenvalue weighted by molar-refractivity contribution is -0.120. The summed E-state index contributed by atoms with van der Waals surface area (Å²) in [4.78, 5) is 29.4. The standard InChI is InChI=1S/C22H26N2O3S/c1-2-27-18-8-6-17(7-9-18)23-21(25)15-5-10-19-16(13-15)14-20(28-19)22(26)24-11-3-4-12-24/h6-9,14-15H,2-5,10-13H2,1H3,(H,23,25)/t15-/m1/s1. The van der Waals surface area contributed by atoms with E-state index in [1.807, 2.05) is 42.2 Å². The minimum Gasteiger partial charge on any atom is -0.494 e. The number of benzene rings is 1. The maximum atomic E-state index is 12.7. The van der Waals surface area contributed by atoms with Crippen LogP contribution in [0.2, 0.25) is 0 Å². The van der Waals surface area contributed by atoms with E-state index in [-0.39, 0.29) is 17.7 Å². The molecule has 2 amide bonds. The zero-order chi connectivity index (χ0) is 19.5. The van der Waals surface area contributed by atoms with Gasteiger partial charge in [-0.25, -0.2) is 0 Å². The molecular weight excluding hydrogens is 372 g/mol. The van der Waals surface area contributed by atoms with Crippen LogP contribution in [-0.2, 0) is 17.6 Å². The Bertz CT molecular complexity index is 853. The monoisotopic (exact) mass is 398 g/mol. The molecule has 1 aliphatic carbocycles. The van der Waals surface area contributed by atoms with Crippen molar-refractivity contribution < 1.29 is 14.3 Å². The molecule has 6 heteroatoms. The molecule has 0 unspecified atom stereocenters. The van der Waals surface area contributed by atoms with E-state index < -0.39 is 0 Å². The average molecular weight is 399 g/mol. The number of amides is 2. The maximum Gasteiger partial charge on any atom is 0.263 e. The molecule has 2 aliphatic rings. The van der Waals surface area contributed by atoms with Crippen molar-refractivity contribution in [2.75, 3.05) is 25.0 Å². The lowest BCUT2D eigenvalue weighted by atomic mass is 9.87. The van der Waals surface area contributed by atoms with Gasteiger partial charge in [-0.2, -0.15) is 0 Å². The molecule has 1 saturated heterocycles. The molecule has 0 spiro atoms. The Kier molecular flexibility index (Phi) is 5.67. The van der Waals surface area contributed by atoms with E-state index in [1.54, 1.807) is 11.3 Å². The first kappa shape index (κ1) is 19.0. The summed E-state index contributed by atoms with van der Waals surface area (Å²) in [7, 11) is 0. The zero-order valence-electron chi connectivity index (χ0n) is 16.2. The molecule has 1 aromatic carbocycles. The Morgan fingerprint density at radius 1 is 1.21 bits per heavy atom. The molecule has 1 aromatic heterocycles. The van der Waals surface area contributed by atoms with E-state index in [9.17, 15) is 9.59 Å². The van der Waals surface area contributed by atoms with Crippen LogP contribution in [0.1, 0.15) is 46.3 Å². The number of thiophene rings is 1. The van der Waals surface area contributed by atoms with Gasteiger partial charge in [-0.15, -0.1) is 11.3 Å². The molecule has 2 aromatic rings. The Labute approximate surface area is 169 Å². The number of rotatable bonds is 5. The molecule has 0 saturated carbocycles. The van der Waals surface area contributed by atoms with Crippen LogP contribution < -0.4 is 10.1 Å². The highest BCUT2D eigenvalue weighted by atomic mass is 32.1. The number of ether oxygens (including phenoxy) is 1. The van der Waals surface area contributed by atoms with Gasteiger partial charge in [0.05, 0.1) is 11.5 Å². The van der Waals surface area contributed by atoms with Gasteiger partial charge < -0.3 is 15.0 Å². The largest absolute Gasteiger partial charge is 0.494 e. The number of likely N-dealkylation sites (tertiary alicyclic amines) is 1. The summed E-state index contributed by atoms with van der Waals surface area (Å²) in [5.41, 5.74) is 1.96. The number of nitrogens with one attached hydrogen (secondary N) is 1. The SMILES string of the molecule is CCOc1ccc(NC(=O)[C@@H]2CCc3sc(C(=O)N4CCCC4)cc3C2)cc1. The van der Waals surface area contributed by atoms with Gasteiger partial charge >= 0.3 is 0 Å². The third kappa shape index (κ3) is 4.07. The molecule has 4 rings (SSSR count). The molecule has 28 heavy (non-hydrogen) atoms. The van der Waals surface area contributed by atoms with E-state index in [0.29, 0.717) is 13.0 Å². The minimum atomic E-state index is -0.0524. The Morgan fingerprint density at radius 3 is 2.68 bits per heavy atom. The third-order valence-corrected chi connectivity index (χ3v) is 6.72. The van der Waals surface area contributed by atoms with Crippen molar-refractivity contribution in [2.45, 2.75) is 39.0 Å². The molecule has 148 valence electrons. The number of carbonyl (C=O) groups excluding carboxylic acids is 2. The third-order valence-electron chi connectivity index (χ3n) is 5.49. The fraction of sp³-hybridized carbons (Fsp3) is 0.455. The topological polar surface area (TPSA) is 58.6 Å². The van der Waals surface area contributed by atoms with Crippen LogP contribution in [0.5, 0.6) is 5.75 Å². The molecule has 2 heterocycles. The summed E-state index contributed by atoms with van der Waals surface area (Å²) in [5, 5.41) is 3.02. The number of nitrogens with zero attached hydrogens (tertiary/aromatic N) is 1. The van der Waals surface area contributed by atoms with Crippen LogP contribution >= 0.6 is 11.3 Å². The first-order chi connectivity index (χ1) is 13.6. The summed E-state index contributed by atoms with van der Waals surface area (Å²) in [5.74, 6) is 0.959. The van der Waals surface area contributed by atoms with Crippen molar-refractivity contribution >= 4 is 28.8 Å². The molecule has 0 bridgehead atoms. The second-order valence-corrected chi connectivity index (χ2v) is 8.58. The van der Waals surface area contributed by atoms with Crippen LogP contribution in [0.3, 0.4) is 0 Å². The fourth-order valence-corrected chi connectivity index (χ4v) is 5.15. The van der Waals surface area contributed by atoms with Gasteiger partial charge in [0.1, 0.15) is 5.75 Å². The van der Waals surface area contributed by atoms with Crippen LogP contribution in [0, 0.1) is 5.92 Å². The smallest absolute Gasteiger partial charge is 0.263 e. The van der Waals surface area contributed by atoms with Crippen molar-refractivity contribution in [3.8, 4) is 5.75 Å². The van der Waals surface area contributed by atoms with Gasteiger partial charge in [-0.3, -0.25) is 9.59 Å². The van der Waals surface area contributed by atoms with Gasteiger partial charge in [0.15, 0.2) is 0 Å². The number of anilines is 1. The van der Waals surface area contributed by atoms with Gasteiger partial charge in [0, 0.05) is 29.6 Å². The molecule has 1 fully saturated rings. The number of fused-ring (bicyclic) bond motifs is 1. The van der Waals surface area contributed by atoms with Gasteiger partial charge in [0.2, 0.25) is 5.91 Å². The number of hydrogen-bond acceptors (Lipinski definition) is 4. The molecular formula is C22H26N2O3S. The first-order valence-corrected chi connectivity index (χ1v) is 10.9. The maximum absolute atomic E-state index is 12.7. The van der Waals surface area contributed by atoms with E-state index in [1.165, 1.54) is 10.4 Å². The van der Waals surface area contributed by atoms with Crippen molar-refractivity contribution in [1.29, 1.82) is 0 Å². The summed E-state index contributed by atoms with van der Waals surface area (Å²) in [6, 6.07) is 9.50. The number of hydrogen-bond donors (Lipinski definition) is 1. The van der Waals surface area contributed by atoms with Crippen molar-refractivity contribution in [1.82, 2.24) is 4.90 Å². The highest BCUT2D eigenvalue weighted by Gasteiger charge is 2.29. The van der Waals surface area contributed by atoms with E-state index in [2.05, 4.69) is 5.32 Å². The highest BCUT2D eigenvalue weighted by molar-refractivity contribution is 7.14. The van der Waals surface area contributed by atoms with Crippen molar-refractivity contribution in [3.05, 3.63) is 45.6 Å². The Hall–Kier alpha value is -2.34. The number of aryl methyl sites for hydroxylation is 1.